The van der Waals surface area contributed by atoms with E-state index in [1.807, 2.05) is 0 Å². The van der Waals surface area contributed by atoms with Crippen molar-refractivity contribution in [3.05, 3.63) is 35.9 Å². The molecule has 0 saturated heterocycles. The average molecular weight is 693 g/mol. The Labute approximate surface area is 282 Å². The van der Waals surface area contributed by atoms with Gasteiger partial charge in [-0.15, -0.1) is 0 Å². The number of nitrogens with one attached hydrogen (secondary N) is 8. The number of primary amides is 1. The second kappa shape index (κ2) is 22.1. The number of nitrogens with two attached hydrogens (primary N) is 4. The number of carboxylic acid groups (broad SMARTS) is 1. The molecule has 20 heteroatoms. The maximum atomic E-state index is 13.5. The van der Waals surface area contributed by atoms with Gasteiger partial charge in [0, 0.05) is 25.9 Å². The van der Waals surface area contributed by atoms with Crippen LogP contribution >= 0.6 is 0 Å². The van der Waals surface area contributed by atoms with Gasteiger partial charge in [0.1, 0.15) is 24.2 Å². The number of benzene rings is 1. The highest BCUT2D eigenvalue weighted by molar-refractivity contribution is 5.95. The first-order valence-corrected chi connectivity index (χ1v) is 15.4. The summed E-state index contributed by atoms with van der Waals surface area (Å²) in [5.74, 6) is -6.10. The third-order valence-corrected chi connectivity index (χ3v) is 6.99. The Kier molecular flexibility index (Phi) is 18.8. The number of carbonyl (C=O) groups is 6. The minimum atomic E-state index is -1.60. The number of amides is 5. The standard InChI is InChI=1S/C29H48N12O8/c30-17(10-11-22(31)43)23(44)38-18(8-4-12-36-28(32)33)24(45)40-20(14-16-6-2-1-3-7-16)25(46)41-21(15-42)26(47)39-19(27(48)49)9-5-13-37-29(34)35/h1-3,6-7,17-21,42H,4-5,8-15,30H2,(H2,31,43)(H,38,44)(H,39,47)(H,40,45)(H,41,46)(H,48,49)(H4,32,33,36)(H4,34,35,37)/t17-,18-,19?,20-,21-/m0/s1. The van der Waals surface area contributed by atoms with Crippen LogP contribution in [0.15, 0.2) is 30.3 Å². The second-order valence-corrected chi connectivity index (χ2v) is 11.0. The summed E-state index contributed by atoms with van der Waals surface area (Å²) in [4.78, 5) is 75.6. The summed E-state index contributed by atoms with van der Waals surface area (Å²) in [7, 11) is 0. The monoisotopic (exact) mass is 692 g/mol. The summed E-state index contributed by atoms with van der Waals surface area (Å²) in [6.07, 6.45) is 0.0920. The zero-order valence-electron chi connectivity index (χ0n) is 27.0. The molecule has 1 aromatic carbocycles. The highest BCUT2D eigenvalue weighted by Crippen LogP contribution is 2.07. The largest absolute Gasteiger partial charge is 0.480 e. The van der Waals surface area contributed by atoms with E-state index in [2.05, 4.69) is 31.9 Å². The van der Waals surface area contributed by atoms with Gasteiger partial charge in [-0.05, 0) is 37.7 Å². The number of carboxylic acids is 1. The van der Waals surface area contributed by atoms with E-state index in [0.717, 1.165) is 0 Å². The maximum absolute atomic E-state index is 13.5. The summed E-state index contributed by atoms with van der Waals surface area (Å²) in [6, 6.07) is 1.77. The summed E-state index contributed by atoms with van der Waals surface area (Å²) in [5.41, 5.74) is 22.1. The quantitative estimate of drug-likeness (QED) is 0.0292. The molecule has 0 radical (unpaired) electrons. The van der Waals surface area contributed by atoms with Crippen LogP contribution in [-0.4, -0.2) is 108 Å². The third kappa shape index (κ3) is 17.3. The summed E-state index contributed by atoms with van der Waals surface area (Å²) >= 11 is 0. The lowest BCUT2D eigenvalue weighted by atomic mass is 10.0. The minimum Gasteiger partial charge on any atom is -0.480 e. The molecule has 1 aromatic rings. The van der Waals surface area contributed by atoms with Gasteiger partial charge in [-0.3, -0.25) is 34.8 Å². The van der Waals surface area contributed by atoms with E-state index in [1.165, 1.54) is 0 Å². The zero-order valence-corrected chi connectivity index (χ0v) is 27.0. The van der Waals surface area contributed by atoms with Crippen molar-refractivity contribution in [3.63, 3.8) is 0 Å². The van der Waals surface area contributed by atoms with Gasteiger partial charge in [0.15, 0.2) is 11.9 Å². The molecule has 0 saturated carbocycles. The average Bonchev–Trinajstić information content (AvgIpc) is 3.04. The number of hydrogen-bond acceptors (Lipinski definition) is 10. The fourth-order valence-corrected chi connectivity index (χ4v) is 4.36. The fourth-order valence-electron chi connectivity index (χ4n) is 4.36. The van der Waals surface area contributed by atoms with Gasteiger partial charge >= 0.3 is 5.97 Å². The van der Waals surface area contributed by atoms with Gasteiger partial charge in [0.05, 0.1) is 12.6 Å². The first kappa shape index (κ1) is 41.5. The van der Waals surface area contributed by atoms with E-state index in [4.69, 9.17) is 33.8 Å². The minimum absolute atomic E-state index is 0.0141. The van der Waals surface area contributed by atoms with E-state index < -0.39 is 72.3 Å². The molecule has 20 nitrogen and oxygen atoms in total. The first-order valence-electron chi connectivity index (χ1n) is 15.4. The number of guanidine groups is 2. The molecule has 49 heavy (non-hydrogen) atoms. The summed E-state index contributed by atoms with van der Waals surface area (Å²) in [6.45, 7) is -0.564. The number of rotatable bonds is 23. The Morgan fingerprint density at radius 2 is 1.14 bits per heavy atom. The predicted molar refractivity (Wildman–Crippen MR) is 177 cm³/mol. The van der Waals surface area contributed by atoms with Crippen LogP contribution in [-0.2, 0) is 35.2 Å². The van der Waals surface area contributed by atoms with Crippen LogP contribution in [0.3, 0.4) is 0 Å². The Morgan fingerprint density at radius 3 is 1.65 bits per heavy atom. The molecule has 0 fully saturated rings. The first-order chi connectivity index (χ1) is 23.1. The number of carbonyl (C=O) groups excluding carboxylic acids is 5. The van der Waals surface area contributed by atoms with Crippen LogP contribution in [0.1, 0.15) is 44.1 Å². The molecule has 18 N–H and O–H groups in total. The number of aliphatic hydroxyl groups is 1. The topological polar surface area (TPSA) is 367 Å². The van der Waals surface area contributed by atoms with Crippen molar-refractivity contribution in [3.8, 4) is 0 Å². The van der Waals surface area contributed by atoms with Gasteiger partial charge in [0.2, 0.25) is 29.5 Å². The van der Waals surface area contributed by atoms with Gasteiger partial charge < -0.3 is 65.0 Å². The lowest BCUT2D eigenvalue weighted by Gasteiger charge is -2.26. The van der Waals surface area contributed by atoms with Crippen molar-refractivity contribution in [2.24, 2.45) is 22.9 Å². The predicted octanol–water partition coefficient (Wildman–Crippen LogP) is -4.64. The molecular weight excluding hydrogens is 644 g/mol. The molecule has 0 aliphatic carbocycles. The highest BCUT2D eigenvalue weighted by Gasteiger charge is 2.31. The van der Waals surface area contributed by atoms with Gasteiger partial charge in [0.25, 0.3) is 0 Å². The van der Waals surface area contributed by atoms with E-state index >= 15 is 0 Å². The molecule has 0 aliphatic heterocycles. The molecular formula is C29H48N12O8. The van der Waals surface area contributed by atoms with Crippen LogP contribution in [0.5, 0.6) is 0 Å². The van der Waals surface area contributed by atoms with E-state index in [9.17, 15) is 39.0 Å². The van der Waals surface area contributed by atoms with Gasteiger partial charge in [-0.1, -0.05) is 30.3 Å². The highest BCUT2D eigenvalue weighted by atomic mass is 16.4. The third-order valence-electron chi connectivity index (χ3n) is 6.99. The van der Waals surface area contributed by atoms with E-state index in [0.29, 0.717) is 5.56 Å². The van der Waals surface area contributed by atoms with Crippen LogP contribution < -0.4 is 54.8 Å². The summed E-state index contributed by atoms with van der Waals surface area (Å²) in [5, 5.41) is 48.7. The molecule has 1 unspecified atom stereocenters. The normalized spacial score (nSPS) is 13.7. The van der Waals surface area contributed by atoms with Crippen molar-refractivity contribution in [1.82, 2.24) is 31.9 Å². The molecule has 0 heterocycles. The molecule has 5 amide bonds. The van der Waals surface area contributed by atoms with Crippen molar-refractivity contribution in [2.45, 2.75) is 75.2 Å². The Hall–Kier alpha value is -5.50. The lowest BCUT2D eigenvalue weighted by molar-refractivity contribution is -0.142. The van der Waals surface area contributed by atoms with Crippen molar-refractivity contribution < 1.29 is 39.0 Å². The molecule has 0 aliphatic rings. The fraction of sp³-hybridized carbons (Fsp3) is 0.517. The van der Waals surface area contributed by atoms with E-state index in [-0.39, 0.29) is 70.0 Å². The number of aliphatic carboxylic acids is 1. The van der Waals surface area contributed by atoms with Crippen molar-refractivity contribution in [2.75, 3.05) is 19.7 Å². The lowest BCUT2D eigenvalue weighted by Crippen LogP contribution is -2.59. The molecule has 5 atom stereocenters. The van der Waals surface area contributed by atoms with E-state index in [1.54, 1.807) is 30.3 Å². The zero-order chi connectivity index (χ0) is 36.9. The van der Waals surface area contributed by atoms with Gasteiger partial charge in [-0.2, -0.15) is 0 Å². The van der Waals surface area contributed by atoms with Crippen LogP contribution in [0.2, 0.25) is 0 Å². The molecule has 272 valence electrons. The number of hydrogen-bond donors (Lipinski definition) is 14. The molecule has 0 aromatic heterocycles. The summed E-state index contributed by atoms with van der Waals surface area (Å²) < 4.78 is 0. The molecule has 1 rings (SSSR count). The second-order valence-electron chi connectivity index (χ2n) is 11.0. The Morgan fingerprint density at radius 1 is 0.673 bits per heavy atom. The van der Waals surface area contributed by atoms with Crippen molar-refractivity contribution in [1.29, 1.82) is 10.8 Å². The Bertz CT molecular complexity index is 1300. The molecule has 0 spiro atoms. The van der Waals surface area contributed by atoms with Crippen LogP contribution in [0.25, 0.3) is 0 Å². The van der Waals surface area contributed by atoms with Crippen molar-refractivity contribution >= 4 is 47.4 Å². The molecule has 0 bridgehead atoms. The smallest absolute Gasteiger partial charge is 0.326 e. The van der Waals surface area contributed by atoms with Gasteiger partial charge in [-0.25, -0.2) is 4.79 Å². The van der Waals surface area contributed by atoms with Crippen LogP contribution in [0.4, 0.5) is 0 Å². The SMILES string of the molecule is N=C(N)NCCCC(NC(=O)[C@H](CO)NC(=O)[C@H](Cc1ccccc1)NC(=O)[C@H](CCCNC(=N)N)NC(=O)[C@@H](N)CCC(N)=O)C(=O)O. The Balaban J connectivity index is 3.16. The number of aliphatic hydroxyl groups excluding tert-OH is 1. The maximum Gasteiger partial charge on any atom is 0.326 e. The van der Waals surface area contributed by atoms with Crippen LogP contribution in [0, 0.1) is 10.8 Å².